The number of hydrogen-bond acceptors (Lipinski definition) is 5. The molecule has 2 aromatic rings. The number of ether oxygens (including phenoxy) is 1. The fraction of sp³-hybridized carbons (Fsp3) is 0.536. The molecule has 5 nitrogen and oxygen atoms in total. The lowest BCUT2D eigenvalue weighted by molar-refractivity contribution is -0.0862. The van der Waals surface area contributed by atoms with Crippen molar-refractivity contribution in [2.24, 2.45) is 5.92 Å². The summed E-state index contributed by atoms with van der Waals surface area (Å²) in [5, 5.41) is 9.23. The van der Waals surface area contributed by atoms with E-state index in [-0.39, 0.29) is 11.8 Å². The highest BCUT2D eigenvalue weighted by Gasteiger charge is 2.40. The van der Waals surface area contributed by atoms with Gasteiger partial charge in [0.05, 0.1) is 12.6 Å². The Morgan fingerprint density at radius 2 is 1.89 bits per heavy atom. The predicted molar refractivity (Wildman–Crippen MR) is 132 cm³/mol. The molecule has 0 saturated carbocycles. The Morgan fingerprint density at radius 3 is 2.51 bits per heavy atom. The number of likely N-dealkylation sites (tertiary alicyclic amines) is 1. The van der Waals surface area contributed by atoms with Gasteiger partial charge in [-0.15, -0.1) is 0 Å². The first kappa shape index (κ1) is 25.7. The topological polar surface area (TPSA) is 53.0 Å². The molecule has 0 spiro atoms. The normalized spacial score (nSPS) is 21.4. The van der Waals surface area contributed by atoms with Gasteiger partial charge in [-0.3, -0.25) is 14.6 Å². The van der Waals surface area contributed by atoms with Gasteiger partial charge in [0.15, 0.2) is 5.78 Å². The minimum atomic E-state index is -3.21. The fourth-order valence-corrected chi connectivity index (χ4v) is 5.23. The van der Waals surface area contributed by atoms with E-state index in [1.165, 1.54) is 13.3 Å². The minimum absolute atomic E-state index is 0.0174. The molecule has 2 atom stereocenters. The Balaban J connectivity index is 1.54. The highest BCUT2D eigenvalue weighted by Crippen LogP contribution is 2.40. The quantitative estimate of drug-likeness (QED) is 0.499. The molecule has 190 valence electrons. The van der Waals surface area contributed by atoms with Gasteiger partial charge < -0.3 is 9.84 Å². The Labute approximate surface area is 206 Å². The van der Waals surface area contributed by atoms with E-state index in [0.717, 1.165) is 48.0 Å². The summed E-state index contributed by atoms with van der Waals surface area (Å²) in [6, 6.07) is 12.6. The summed E-state index contributed by atoms with van der Waals surface area (Å²) in [5.74, 6) is -1.66. The van der Waals surface area contributed by atoms with Crippen LogP contribution >= 0.6 is 0 Å². The highest BCUT2D eigenvalue weighted by molar-refractivity contribution is 5.94. The van der Waals surface area contributed by atoms with E-state index in [2.05, 4.69) is 11.8 Å². The smallest absolute Gasteiger partial charge is 0.283 e. The summed E-state index contributed by atoms with van der Waals surface area (Å²) in [4.78, 5) is 16.1. The van der Waals surface area contributed by atoms with Crippen molar-refractivity contribution in [2.45, 2.75) is 51.6 Å². The lowest BCUT2D eigenvalue weighted by Gasteiger charge is -2.43. The third-order valence-corrected chi connectivity index (χ3v) is 7.38. The van der Waals surface area contributed by atoms with Crippen molar-refractivity contribution in [3.8, 4) is 5.75 Å². The molecule has 0 radical (unpaired) electrons. The Morgan fingerprint density at radius 1 is 1.17 bits per heavy atom. The first-order valence-corrected chi connectivity index (χ1v) is 12.5. The number of hydrogen-bond donors (Lipinski definition) is 1. The molecule has 4 rings (SSSR count). The van der Waals surface area contributed by atoms with Crippen LogP contribution in [-0.2, 0) is 6.42 Å². The SMILES string of the molecule is CCC1CN(CCOc2ccc([C@@H]3c4ccc(C(C)=O)cc4C[C@@H](C)N3CC(F)(F)CO)cc2)C1. The zero-order valence-electron chi connectivity index (χ0n) is 20.8. The number of fused-ring (bicyclic) bond motifs is 1. The molecule has 1 fully saturated rings. The van der Waals surface area contributed by atoms with E-state index in [1.807, 2.05) is 43.3 Å². The zero-order chi connectivity index (χ0) is 25.2. The fourth-order valence-electron chi connectivity index (χ4n) is 5.23. The average molecular weight is 487 g/mol. The van der Waals surface area contributed by atoms with Gasteiger partial charge in [0.25, 0.3) is 5.92 Å². The number of aliphatic hydroxyl groups is 1. The van der Waals surface area contributed by atoms with Crippen molar-refractivity contribution in [1.29, 1.82) is 0 Å². The Bertz CT molecular complexity index is 1020. The largest absolute Gasteiger partial charge is 0.492 e. The number of halogens is 2. The van der Waals surface area contributed by atoms with Crippen LogP contribution < -0.4 is 4.74 Å². The van der Waals surface area contributed by atoms with Crippen molar-refractivity contribution >= 4 is 5.78 Å². The van der Waals surface area contributed by atoms with Crippen LogP contribution in [0.2, 0.25) is 0 Å². The molecule has 2 aliphatic rings. The number of Topliss-reactive ketones (excluding diaryl/α,β-unsaturated/α-hetero) is 1. The van der Waals surface area contributed by atoms with Crippen molar-refractivity contribution in [2.75, 3.05) is 39.4 Å². The van der Waals surface area contributed by atoms with Crippen molar-refractivity contribution < 1.29 is 23.4 Å². The predicted octanol–water partition coefficient (Wildman–Crippen LogP) is 4.57. The van der Waals surface area contributed by atoms with Crippen LogP contribution in [0.5, 0.6) is 5.75 Å². The Hall–Kier alpha value is -2.35. The van der Waals surface area contributed by atoms with Crippen LogP contribution in [0, 0.1) is 5.92 Å². The third-order valence-electron chi connectivity index (χ3n) is 7.38. The van der Waals surface area contributed by atoms with Crippen LogP contribution in [0.1, 0.15) is 60.3 Å². The number of rotatable bonds is 10. The van der Waals surface area contributed by atoms with Crippen molar-refractivity contribution in [3.05, 3.63) is 64.7 Å². The summed E-state index contributed by atoms with van der Waals surface area (Å²) in [5.41, 5.74) is 3.42. The van der Waals surface area contributed by atoms with Crippen LogP contribution in [0.15, 0.2) is 42.5 Å². The maximum atomic E-state index is 14.3. The molecule has 0 amide bonds. The van der Waals surface area contributed by atoms with Gasteiger partial charge in [-0.1, -0.05) is 37.6 Å². The second-order valence-corrected chi connectivity index (χ2v) is 10.1. The molecule has 0 unspecified atom stereocenters. The van der Waals surface area contributed by atoms with Crippen LogP contribution in [0.25, 0.3) is 0 Å². The second kappa shape index (κ2) is 10.7. The number of nitrogens with zero attached hydrogens (tertiary/aromatic N) is 2. The molecular formula is C28H36F2N2O3. The highest BCUT2D eigenvalue weighted by atomic mass is 19.3. The number of alkyl halides is 2. The lowest BCUT2D eigenvalue weighted by Crippen LogP contribution is -2.49. The number of aliphatic hydroxyl groups excluding tert-OH is 1. The van der Waals surface area contributed by atoms with Gasteiger partial charge in [-0.2, -0.15) is 0 Å². The van der Waals surface area contributed by atoms with E-state index >= 15 is 0 Å². The molecule has 1 N–H and O–H groups in total. The standard InChI is InChI=1S/C28H36F2N2O3/c1-4-21-15-31(16-21)11-12-35-25-8-5-22(6-9-25)27-26-10-7-23(20(3)34)14-24(26)13-19(2)32(27)17-28(29,30)18-33/h5-10,14,19,21,27,33H,4,11-13,15-18H2,1-3H3/t19-,27-/m1/s1. The molecule has 0 bridgehead atoms. The van der Waals surface area contributed by atoms with Gasteiger partial charge in [-0.05, 0) is 61.1 Å². The molecule has 0 aliphatic carbocycles. The van der Waals surface area contributed by atoms with E-state index in [1.54, 1.807) is 11.0 Å². The second-order valence-electron chi connectivity index (χ2n) is 10.1. The molecular weight excluding hydrogens is 450 g/mol. The molecule has 7 heteroatoms. The first-order valence-electron chi connectivity index (χ1n) is 12.5. The van der Waals surface area contributed by atoms with Gasteiger partial charge >= 0.3 is 0 Å². The number of benzene rings is 2. The summed E-state index contributed by atoms with van der Waals surface area (Å²) in [6.07, 6.45) is 1.78. The van der Waals surface area contributed by atoms with E-state index in [9.17, 15) is 18.7 Å². The van der Waals surface area contributed by atoms with E-state index in [0.29, 0.717) is 18.6 Å². The minimum Gasteiger partial charge on any atom is -0.492 e. The molecule has 1 saturated heterocycles. The summed E-state index contributed by atoms with van der Waals surface area (Å²) in [6.45, 7) is 7.71. The van der Waals surface area contributed by atoms with Crippen molar-refractivity contribution in [3.63, 3.8) is 0 Å². The molecule has 2 aliphatic heterocycles. The van der Waals surface area contributed by atoms with E-state index in [4.69, 9.17) is 4.74 Å². The van der Waals surface area contributed by atoms with Gasteiger partial charge in [0.1, 0.15) is 19.0 Å². The van der Waals surface area contributed by atoms with Gasteiger partial charge in [0.2, 0.25) is 0 Å². The van der Waals surface area contributed by atoms with Gasteiger partial charge in [0, 0.05) is 31.2 Å². The average Bonchev–Trinajstić information content (AvgIpc) is 2.81. The molecule has 2 heterocycles. The van der Waals surface area contributed by atoms with Crippen LogP contribution in [-0.4, -0.2) is 72.0 Å². The summed E-state index contributed by atoms with van der Waals surface area (Å²) in [7, 11) is 0. The van der Waals surface area contributed by atoms with Crippen LogP contribution in [0.4, 0.5) is 8.78 Å². The molecule has 35 heavy (non-hydrogen) atoms. The number of carbonyl (C=O) groups excluding carboxylic acids is 1. The monoisotopic (exact) mass is 486 g/mol. The van der Waals surface area contributed by atoms with Crippen LogP contribution in [0.3, 0.4) is 0 Å². The van der Waals surface area contributed by atoms with E-state index < -0.39 is 25.1 Å². The van der Waals surface area contributed by atoms with Crippen molar-refractivity contribution in [1.82, 2.24) is 9.80 Å². The first-order chi connectivity index (χ1) is 16.7. The molecule has 0 aromatic heterocycles. The maximum Gasteiger partial charge on any atom is 0.283 e. The third kappa shape index (κ3) is 5.90. The molecule has 2 aromatic carbocycles. The Kier molecular flexibility index (Phi) is 7.89. The summed E-state index contributed by atoms with van der Waals surface area (Å²) >= 11 is 0. The summed E-state index contributed by atoms with van der Waals surface area (Å²) < 4.78 is 34.6. The maximum absolute atomic E-state index is 14.3. The number of carbonyl (C=O) groups is 1. The zero-order valence-corrected chi connectivity index (χ0v) is 20.8. The van der Waals surface area contributed by atoms with Gasteiger partial charge in [-0.25, -0.2) is 8.78 Å². The lowest BCUT2D eigenvalue weighted by atomic mass is 9.83. The number of ketones is 1.